The molecular weight excluding hydrogens is 146 g/mol. The first kappa shape index (κ1) is 9.58. The number of hydrogen-bond donors (Lipinski definition) is 0. The highest BCUT2D eigenvalue weighted by Gasteiger charge is 2.41. The van der Waals surface area contributed by atoms with E-state index in [-0.39, 0.29) is 0 Å². The van der Waals surface area contributed by atoms with Gasteiger partial charge in [-0.15, -0.1) is 0 Å². The van der Waals surface area contributed by atoms with Gasteiger partial charge in [-0.3, -0.25) is 0 Å². The second-order valence-electron chi connectivity index (χ2n) is 4.15. The molecule has 1 saturated carbocycles. The molecular formula is C11H19N. The molecule has 1 nitrogen and oxygen atoms in total. The number of unbranched alkanes of at least 4 members (excludes halogenated alkanes) is 3. The zero-order valence-electron chi connectivity index (χ0n) is 8.10. The number of hydrogen-bond acceptors (Lipinski definition) is 1. The Morgan fingerprint density at radius 3 is 2.50 bits per heavy atom. The van der Waals surface area contributed by atoms with Crippen LogP contribution in [0.2, 0.25) is 0 Å². The predicted molar refractivity (Wildman–Crippen MR) is 50.7 cm³/mol. The Hall–Kier alpha value is -0.510. The lowest BCUT2D eigenvalue weighted by Gasteiger charge is -2.09. The summed E-state index contributed by atoms with van der Waals surface area (Å²) < 4.78 is 0. The zero-order chi connectivity index (χ0) is 8.86. The first-order valence-corrected chi connectivity index (χ1v) is 5.20. The Kier molecular flexibility index (Phi) is 3.59. The van der Waals surface area contributed by atoms with Gasteiger partial charge in [-0.1, -0.05) is 32.6 Å². The van der Waals surface area contributed by atoms with Gasteiger partial charge in [0, 0.05) is 6.42 Å². The standard InChI is InChI=1S/C11H19N/c1-2-3-4-5-6-11(7-8-11)9-10-12/h2-9H2,1H3. The lowest BCUT2D eigenvalue weighted by atomic mass is 9.95. The van der Waals surface area contributed by atoms with Crippen molar-refractivity contribution in [3.8, 4) is 6.07 Å². The zero-order valence-corrected chi connectivity index (χ0v) is 8.10. The topological polar surface area (TPSA) is 23.8 Å². The largest absolute Gasteiger partial charge is 0.198 e. The van der Waals surface area contributed by atoms with Gasteiger partial charge in [0.05, 0.1) is 6.07 Å². The van der Waals surface area contributed by atoms with Crippen molar-refractivity contribution in [2.45, 2.75) is 58.3 Å². The SMILES string of the molecule is CCCCCCC1(CC#N)CC1. The van der Waals surface area contributed by atoms with E-state index < -0.39 is 0 Å². The molecule has 68 valence electrons. The highest BCUT2D eigenvalue weighted by molar-refractivity contribution is 4.98. The molecule has 0 aromatic heterocycles. The molecule has 0 aromatic carbocycles. The fraction of sp³-hybridized carbons (Fsp3) is 0.909. The van der Waals surface area contributed by atoms with Crippen LogP contribution in [0.1, 0.15) is 58.3 Å². The van der Waals surface area contributed by atoms with Crippen LogP contribution >= 0.6 is 0 Å². The van der Waals surface area contributed by atoms with Crippen molar-refractivity contribution < 1.29 is 0 Å². The molecule has 0 spiro atoms. The van der Waals surface area contributed by atoms with Crippen LogP contribution in [-0.2, 0) is 0 Å². The quantitative estimate of drug-likeness (QED) is 0.551. The van der Waals surface area contributed by atoms with Gasteiger partial charge < -0.3 is 0 Å². The van der Waals surface area contributed by atoms with Crippen molar-refractivity contribution in [2.75, 3.05) is 0 Å². The van der Waals surface area contributed by atoms with E-state index in [0.29, 0.717) is 5.41 Å². The normalized spacial score (nSPS) is 18.7. The Morgan fingerprint density at radius 1 is 1.25 bits per heavy atom. The summed E-state index contributed by atoms with van der Waals surface area (Å²) in [5, 5.41) is 8.59. The average molecular weight is 165 g/mol. The lowest BCUT2D eigenvalue weighted by Crippen LogP contribution is -1.98. The Morgan fingerprint density at radius 2 is 2.00 bits per heavy atom. The monoisotopic (exact) mass is 165 g/mol. The third-order valence-corrected chi connectivity index (χ3v) is 2.97. The maximum Gasteiger partial charge on any atom is 0.0627 e. The van der Waals surface area contributed by atoms with Crippen LogP contribution < -0.4 is 0 Å². The molecule has 0 atom stereocenters. The van der Waals surface area contributed by atoms with Gasteiger partial charge >= 0.3 is 0 Å². The molecule has 0 aliphatic heterocycles. The number of rotatable bonds is 6. The molecule has 0 unspecified atom stereocenters. The molecule has 0 radical (unpaired) electrons. The fourth-order valence-electron chi connectivity index (χ4n) is 1.79. The van der Waals surface area contributed by atoms with E-state index in [1.807, 2.05) is 0 Å². The Balaban J connectivity index is 2.03. The molecule has 0 bridgehead atoms. The van der Waals surface area contributed by atoms with Crippen LogP contribution in [-0.4, -0.2) is 0 Å². The van der Waals surface area contributed by atoms with Crippen LogP contribution in [0.25, 0.3) is 0 Å². The molecule has 0 aromatic rings. The summed E-state index contributed by atoms with van der Waals surface area (Å²) in [5.41, 5.74) is 0.489. The van der Waals surface area contributed by atoms with E-state index in [1.165, 1.54) is 44.9 Å². The van der Waals surface area contributed by atoms with E-state index in [0.717, 1.165) is 6.42 Å². The number of nitriles is 1. The summed E-state index contributed by atoms with van der Waals surface area (Å²) >= 11 is 0. The van der Waals surface area contributed by atoms with Crippen LogP contribution in [0.4, 0.5) is 0 Å². The van der Waals surface area contributed by atoms with Gasteiger partial charge in [0.1, 0.15) is 0 Å². The third-order valence-electron chi connectivity index (χ3n) is 2.97. The molecule has 0 N–H and O–H groups in total. The molecule has 0 amide bonds. The summed E-state index contributed by atoms with van der Waals surface area (Å²) in [5.74, 6) is 0. The minimum atomic E-state index is 0.489. The van der Waals surface area contributed by atoms with Gasteiger partial charge in [0.25, 0.3) is 0 Å². The Bertz CT molecular complexity index is 162. The maximum atomic E-state index is 8.59. The molecule has 1 heteroatoms. The van der Waals surface area contributed by atoms with Crippen LogP contribution in [0, 0.1) is 16.7 Å². The van der Waals surface area contributed by atoms with E-state index in [1.54, 1.807) is 0 Å². The minimum absolute atomic E-state index is 0.489. The molecule has 1 rings (SSSR count). The highest BCUT2D eigenvalue weighted by atomic mass is 14.5. The van der Waals surface area contributed by atoms with E-state index in [2.05, 4.69) is 13.0 Å². The van der Waals surface area contributed by atoms with E-state index in [9.17, 15) is 0 Å². The first-order valence-electron chi connectivity index (χ1n) is 5.20. The van der Waals surface area contributed by atoms with Crippen molar-refractivity contribution >= 4 is 0 Å². The second-order valence-corrected chi connectivity index (χ2v) is 4.15. The van der Waals surface area contributed by atoms with Crippen LogP contribution in [0.15, 0.2) is 0 Å². The summed E-state index contributed by atoms with van der Waals surface area (Å²) in [6.45, 7) is 2.24. The summed E-state index contributed by atoms with van der Waals surface area (Å²) in [6, 6.07) is 2.31. The van der Waals surface area contributed by atoms with Gasteiger partial charge in [-0.2, -0.15) is 5.26 Å². The van der Waals surface area contributed by atoms with Gasteiger partial charge in [0.2, 0.25) is 0 Å². The summed E-state index contributed by atoms with van der Waals surface area (Å²) in [4.78, 5) is 0. The van der Waals surface area contributed by atoms with E-state index >= 15 is 0 Å². The van der Waals surface area contributed by atoms with E-state index in [4.69, 9.17) is 5.26 Å². The van der Waals surface area contributed by atoms with Crippen molar-refractivity contribution in [3.63, 3.8) is 0 Å². The van der Waals surface area contributed by atoms with Crippen molar-refractivity contribution in [2.24, 2.45) is 5.41 Å². The second kappa shape index (κ2) is 4.50. The first-order chi connectivity index (χ1) is 5.83. The molecule has 1 aliphatic rings. The number of nitrogens with zero attached hydrogens (tertiary/aromatic N) is 1. The fourth-order valence-corrected chi connectivity index (χ4v) is 1.79. The lowest BCUT2D eigenvalue weighted by molar-refractivity contribution is 0.443. The third kappa shape index (κ3) is 2.85. The Labute approximate surface area is 75.8 Å². The minimum Gasteiger partial charge on any atom is -0.198 e. The predicted octanol–water partition coefficient (Wildman–Crippen LogP) is 3.65. The molecule has 0 heterocycles. The van der Waals surface area contributed by atoms with Crippen LogP contribution in [0.5, 0.6) is 0 Å². The summed E-state index contributed by atoms with van der Waals surface area (Å²) in [6.07, 6.45) is 10.1. The van der Waals surface area contributed by atoms with Crippen molar-refractivity contribution in [3.05, 3.63) is 0 Å². The smallest absolute Gasteiger partial charge is 0.0627 e. The van der Waals surface area contributed by atoms with Gasteiger partial charge in [0.15, 0.2) is 0 Å². The average Bonchev–Trinajstić information content (AvgIpc) is 2.81. The summed E-state index contributed by atoms with van der Waals surface area (Å²) in [7, 11) is 0. The van der Waals surface area contributed by atoms with Crippen molar-refractivity contribution in [1.29, 1.82) is 5.26 Å². The van der Waals surface area contributed by atoms with Crippen LogP contribution in [0.3, 0.4) is 0 Å². The molecule has 1 aliphatic carbocycles. The van der Waals surface area contributed by atoms with Gasteiger partial charge in [-0.05, 0) is 24.7 Å². The molecule has 12 heavy (non-hydrogen) atoms. The molecule has 0 saturated heterocycles. The highest BCUT2D eigenvalue weighted by Crippen LogP contribution is 2.52. The van der Waals surface area contributed by atoms with Gasteiger partial charge in [-0.25, -0.2) is 0 Å². The maximum absolute atomic E-state index is 8.59. The van der Waals surface area contributed by atoms with Crippen molar-refractivity contribution in [1.82, 2.24) is 0 Å². The molecule has 1 fully saturated rings.